The molecule has 0 aromatic carbocycles. The molecule has 76 valence electrons. The zero-order chi connectivity index (χ0) is 7.68. The van der Waals surface area contributed by atoms with Gasteiger partial charge < -0.3 is 9.88 Å². The number of halogens is 2. The van der Waals surface area contributed by atoms with Crippen LogP contribution < -0.4 is 5.32 Å². The van der Waals surface area contributed by atoms with Crippen molar-refractivity contribution in [3.63, 3.8) is 0 Å². The highest BCUT2D eigenvalue weighted by atomic mass is 35.5. The van der Waals surface area contributed by atoms with Crippen molar-refractivity contribution in [2.45, 2.75) is 12.3 Å². The first-order valence-electron chi connectivity index (χ1n) is 4.06. The SMILES string of the molecule is Cl.Cl.Cn1ccnc1C1CCNC1. The van der Waals surface area contributed by atoms with Crippen LogP contribution in [0.3, 0.4) is 0 Å². The second-order valence-electron chi connectivity index (χ2n) is 3.09. The van der Waals surface area contributed by atoms with E-state index in [4.69, 9.17) is 0 Å². The number of nitrogens with zero attached hydrogens (tertiary/aromatic N) is 2. The standard InChI is InChI=1S/C8H13N3.2ClH/c1-11-5-4-10-8(11)7-2-3-9-6-7;;/h4-5,7,9H,2-3,6H2,1H3;2*1H. The summed E-state index contributed by atoms with van der Waals surface area (Å²) in [5, 5.41) is 3.33. The summed E-state index contributed by atoms with van der Waals surface area (Å²) in [6.07, 6.45) is 5.10. The van der Waals surface area contributed by atoms with Gasteiger partial charge in [-0.3, -0.25) is 0 Å². The minimum atomic E-state index is 0. The molecule has 3 nitrogen and oxygen atoms in total. The van der Waals surface area contributed by atoms with Crippen molar-refractivity contribution in [1.82, 2.24) is 14.9 Å². The fourth-order valence-electron chi connectivity index (χ4n) is 1.65. The molecule has 1 aliphatic heterocycles. The van der Waals surface area contributed by atoms with Crippen LogP contribution in [0.25, 0.3) is 0 Å². The van der Waals surface area contributed by atoms with E-state index < -0.39 is 0 Å². The van der Waals surface area contributed by atoms with Crippen LogP contribution in [0.5, 0.6) is 0 Å². The molecule has 2 heterocycles. The van der Waals surface area contributed by atoms with Gasteiger partial charge in [0.2, 0.25) is 0 Å². The van der Waals surface area contributed by atoms with Crippen LogP contribution in [-0.2, 0) is 7.05 Å². The lowest BCUT2D eigenvalue weighted by atomic mass is 10.1. The number of hydrogen-bond donors (Lipinski definition) is 1. The normalized spacial score (nSPS) is 20.5. The van der Waals surface area contributed by atoms with E-state index in [9.17, 15) is 0 Å². The Hall–Kier alpha value is -0.250. The topological polar surface area (TPSA) is 29.9 Å². The van der Waals surface area contributed by atoms with E-state index in [-0.39, 0.29) is 24.8 Å². The third-order valence-electron chi connectivity index (χ3n) is 2.28. The monoisotopic (exact) mass is 223 g/mol. The molecule has 1 aromatic rings. The number of aromatic nitrogens is 2. The zero-order valence-corrected chi connectivity index (χ0v) is 9.20. The third kappa shape index (κ3) is 2.59. The first-order valence-corrected chi connectivity index (χ1v) is 4.06. The fraction of sp³-hybridized carbons (Fsp3) is 0.625. The molecule has 1 atom stereocenters. The maximum atomic E-state index is 4.32. The van der Waals surface area contributed by atoms with Crippen LogP contribution in [0.15, 0.2) is 12.4 Å². The molecule has 1 aliphatic rings. The van der Waals surface area contributed by atoms with Crippen LogP contribution in [0, 0.1) is 0 Å². The Morgan fingerprint density at radius 3 is 2.77 bits per heavy atom. The molecule has 1 saturated heterocycles. The predicted molar refractivity (Wildman–Crippen MR) is 57.9 cm³/mol. The molecule has 1 N–H and O–H groups in total. The first-order chi connectivity index (χ1) is 5.38. The molecule has 0 aliphatic carbocycles. The van der Waals surface area contributed by atoms with E-state index in [1.807, 2.05) is 12.4 Å². The summed E-state index contributed by atoms with van der Waals surface area (Å²) < 4.78 is 2.11. The van der Waals surface area contributed by atoms with Crippen LogP contribution in [0.1, 0.15) is 18.2 Å². The quantitative estimate of drug-likeness (QED) is 0.780. The van der Waals surface area contributed by atoms with Crippen LogP contribution in [0.4, 0.5) is 0 Å². The molecular weight excluding hydrogens is 209 g/mol. The fourth-order valence-corrected chi connectivity index (χ4v) is 1.65. The van der Waals surface area contributed by atoms with E-state index in [0.29, 0.717) is 5.92 Å². The molecule has 0 saturated carbocycles. The minimum Gasteiger partial charge on any atom is -0.338 e. The lowest BCUT2D eigenvalue weighted by molar-refractivity contribution is 0.660. The number of rotatable bonds is 1. The van der Waals surface area contributed by atoms with E-state index in [2.05, 4.69) is 21.9 Å². The maximum Gasteiger partial charge on any atom is 0.112 e. The molecule has 1 unspecified atom stereocenters. The van der Waals surface area contributed by atoms with Gasteiger partial charge in [0.15, 0.2) is 0 Å². The Morgan fingerprint density at radius 1 is 1.54 bits per heavy atom. The summed E-state index contributed by atoms with van der Waals surface area (Å²) in [6, 6.07) is 0. The van der Waals surface area contributed by atoms with Gasteiger partial charge in [-0.1, -0.05) is 0 Å². The van der Waals surface area contributed by atoms with Crippen molar-refractivity contribution in [1.29, 1.82) is 0 Å². The van der Waals surface area contributed by atoms with Crippen molar-refractivity contribution < 1.29 is 0 Å². The van der Waals surface area contributed by atoms with Crippen molar-refractivity contribution in [3.05, 3.63) is 18.2 Å². The molecule has 13 heavy (non-hydrogen) atoms. The van der Waals surface area contributed by atoms with E-state index >= 15 is 0 Å². The average molecular weight is 224 g/mol. The summed E-state index contributed by atoms with van der Waals surface area (Å²) in [7, 11) is 2.06. The Labute approximate surface area is 90.7 Å². The van der Waals surface area contributed by atoms with Crippen LogP contribution in [-0.4, -0.2) is 22.6 Å². The largest absolute Gasteiger partial charge is 0.338 e. The number of imidazole rings is 1. The average Bonchev–Trinajstić information content (AvgIpc) is 2.55. The molecule has 0 spiro atoms. The Kier molecular flexibility index (Phi) is 5.37. The summed E-state index contributed by atoms with van der Waals surface area (Å²) in [5.74, 6) is 1.85. The van der Waals surface area contributed by atoms with Crippen LogP contribution >= 0.6 is 24.8 Å². The second kappa shape index (κ2) is 5.47. The second-order valence-corrected chi connectivity index (χ2v) is 3.09. The van der Waals surface area contributed by atoms with E-state index in [1.165, 1.54) is 12.2 Å². The summed E-state index contributed by atoms with van der Waals surface area (Å²) in [4.78, 5) is 4.32. The Balaban J connectivity index is 0.000000720. The first kappa shape index (κ1) is 12.8. The summed E-state index contributed by atoms with van der Waals surface area (Å²) in [6.45, 7) is 2.22. The molecule has 0 bridgehead atoms. The molecule has 1 fully saturated rings. The Morgan fingerprint density at radius 2 is 2.31 bits per heavy atom. The van der Waals surface area contributed by atoms with Gasteiger partial charge in [-0.2, -0.15) is 0 Å². The summed E-state index contributed by atoms with van der Waals surface area (Å²) >= 11 is 0. The summed E-state index contributed by atoms with van der Waals surface area (Å²) in [5.41, 5.74) is 0. The molecular formula is C8H15Cl2N3. The molecule has 2 rings (SSSR count). The maximum absolute atomic E-state index is 4.32. The third-order valence-corrected chi connectivity index (χ3v) is 2.28. The van der Waals surface area contributed by atoms with Crippen LogP contribution in [0.2, 0.25) is 0 Å². The number of aryl methyl sites for hydroxylation is 1. The Bertz CT molecular complexity index is 243. The van der Waals surface area contributed by atoms with Gasteiger partial charge in [0.05, 0.1) is 0 Å². The molecule has 5 heteroatoms. The smallest absolute Gasteiger partial charge is 0.112 e. The molecule has 0 radical (unpaired) electrons. The predicted octanol–water partition coefficient (Wildman–Crippen LogP) is 1.34. The highest BCUT2D eigenvalue weighted by molar-refractivity contribution is 5.85. The van der Waals surface area contributed by atoms with Gasteiger partial charge in [0, 0.05) is 31.9 Å². The van der Waals surface area contributed by atoms with Crippen molar-refractivity contribution in [2.75, 3.05) is 13.1 Å². The van der Waals surface area contributed by atoms with Gasteiger partial charge >= 0.3 is 0 Å². The van der Waals surface area contributed by atoms with Crippen molar-refractivity contribution in [3.8, 4) is 0 Å². The van der Waals surface area contributed by atoms with Gasteiger partial charge in [-0.25, -0.2) is 4.98 Å². The number of hydrogen-bond acceptors (Lipinski definition) is 2. The van der Waals surface area contributed by atoms with Crippen molar-refractivity contribution >= 4 is 24.8 Å². The van der Waals surface area contributed by atoms with Gasteiger partial charge in [0.25, 0.3) is 0 Å². The lowest BCUT2D eigenvalue weighted by Gasteiger charge is -2.06. The van der Waals surface area contributed by atoms with E-state index in [0.717, 1.165) is 13.1 Å². The minimum absolute atomic E-state index is 0. The van der Waals surface area contributed by atoms with Gasteiger partial charge in [-0.05, 0) is 13.0 Å². The molecule has 0 amide bonds. The van der Waals surface area contributed by atoms with Gasteiger partial charge in [-0.15, -0.1) is 24.8 Å². The highest BCUT2D eigenvalue weighted by Gasteiger charge is 2.19. The number of nitrogens with one attached hydrogen (secondary N) is 1. The van der Waals surface area contributed by atoms with Crippen molar-refractivity contribution in [2.24, 2.45) is 7.05 Å². The highest BCUT2D eigenvalue weighted by Crippen LogP contribution is 2.19. The molecule has 1 aromatic heterocycles. The van der Waals surface area contributed by atoms with Gasteiger partial charge in [0.1, 0.15) is 5.82 Å². The lowest BCUT2D eigenvalue weighted by Crippen LogP contribution is -2.10. The van der Waals surface area contributed by atoms with E-state index in [1.54, 1.807) is 0 Å². The zero-order valence-electron chi connectivity index (χ0n) is 7.56.